The van der Waals surface area contributed by atoms with E-state index in [1.54, 1.807) is 18.2 Å². The Morgan fingerprint density at radius 2 is 1.96 bits per heavy atom. The quantitative estimate of drug-likeness (QED) is 0.752. The van der Waals surface area contributed by atoms with Crippen molar-refractivity contribution in [2.45, 2.75) is 25.8 Å². The average Bonchev–Trinajstić information content (AvgIpc) is 3.17. The highest BCUT2D eigenvalue weighted by Gasteiger charge is 2.35. The molecule has 1 aromatic carbocycles. The minimum atomic E-state index is -0.444. The summed E-state index contributed by atoms with van der Waals surface area (Å²) in [6.07, 6.45) is 1.72. The highest BCUT2D eigenvalue weighted by atomic mass is 32.2. The number of hydrogen-bond donors (Lipinski definition) is 1. The number of ether oxygens (including phenoxy) is 1. The second-order valence-corrected chi connectivity index (χ2v) is 8.36. The molecular weight excluding hydrogens is 378 g/mol. The minimum Gasteiger partial charge on any atom is -0.465 e. The van der Waals surface area contributed by atoms with E-state index in [0.717, 1.165) is 49.5 Å². The molecule has 0 spiro atoms. The predicted octanol–water partition coefficient (Wildman–Crippen LogP) is 1.76. The monoisotopic (exact) mass is 405 g/mol. The highest BCUT2D eigenvalue weighted by molar-refractivity contribution is 7.99. The van der Waals surface area contributed by atoms with E-state index < -0.39 is 5.97 Å². The smallest absolute Gasteiger partial charge is 0.337 e. The molecule has 0 radical (unpaired) electrons. The van der Waals surface area contributed by atoms with E-state index in [9.17, 15) is 14.4 Å². The van der Waals surface area contributed by atoms with Gasteiger partial charge in [0.05, 0.1) is 25.3 Å². The van der Waals surface area contributed by atoms with Gasteiger partial charge in [-0.05, 0) is 44.0 Å². The number of anilines is 1. The fourth-order valence-electron chi connectivity index (χ4n) is 3.67. The summed E-state index contributed by atoms with van der Waals surface area (Å²) in [5, 5.41) is 2.88. The standard InChI is InChI=1S/C20H27N3O4S/c1-14-5-6-15(20(26)27-2)12-16(14)21-18(24)13-23-7-3-4-17(23)19(25)22-8-10-28-11-9-22/h5-6,12,17H,3-4,7-11,13H2,1-2H3,(H,21,24). The van der Waals surface area contributed by atoms with Crippen LogP contribution in [0, 0.1) is 6.92 Å². The van der Waals surface area contributed by atoms with E-state index in [-0.39, 0.29) is 24.4 Å². The Kier molecular flexibility index (Phi) is 6.96. The van der Waals surface area contributed by atoms with Crippen LogP contribution in [0.25, 0.3) is 0 Å². The molecule has 28 heavy (non-hydrogen) atoms. The Morgan fingerprint density at radius 3 is 2.68 bits per heavy atom. The number of nitrogens with zero attached hydrogens (tertiary/aromatic N) is 2. The number of amides is 2. The van der Waals surface area contributed by atoms with Gasteiger partial charge < -0.3 is 15.0 Å². The molecule has 8 heteroatoms. The third kappa shape index (κ3) is 4.86. The van der Waals surface area contributed by atoms with Crippen LogP contribution in [0.4, 0.5) is 5.69 Å². The van der Waals surface area contributed by atoms with Crippen LogP contribution in [-0.2, 0) is 14.3 Å². The fourth-order valence-corrected chi connectivity index (χ4v) is 4.57. The van der Waals surface area contributed by atoms with Crippen LogP contribution in [-0.4, -0.2) is 78.4 Å². The Bertz CT molecular complexity index is 749. The van der Waals surface area contributed by atoms with E-state index in [1.165, 1.54) is 7.11 Å². The van der Waals surface area contributed by atoms with Gasteiger partial charge in [-0.1, -0.05) is 6.07 Å². The zero-order valence-corrected chi connectivity index (χ0v) is 17.2. The SMILES string of the molecule is COC(=O)c1ccc(C)c(NC(=O)CN2CCCC2C(=O)N2CCSCC2)c1. The van der Waals surface area contributed by atoms with Crippen molar-refractivity contribution in [3.8, 4) is 0 Å². The largest absolute Gasteiger partial charge is 0.465 e. The van der Waals surface area contributed by atoms with Crippen LogP contribution in [0.2, 0.25) is 0 Å². The van der Waals surface area contributed by atoms with Crippen molar-refractivity contribution in [1.82, 2.24) is 9.80 Å². The average molecular weight is 406 g/mol. The lowest BCUT2D eigenvalue weighted by Crippen LogP contribution is -2.49. The number of carbonyl (C=O) groups excluding carboxylic acids is 3. The molecule has 1 unspecified atom stereocenters. The van der Waals surface area contributed by atoms with Gasteiger partial charge >= 0.3 is 5.97 Å². The summed E-state index contributed by atoms with van der Waals surface area (Å²) in [7, 11) is 1.33. The van der Waals surface area contributed by atoms with Crippen LogP contribution >= 0.6 is 11.8 Å². The lowest BCUT2D eigenvalue weighted by atomic mass is 10.1. The van der Waals surface area contributed by atoms with Crippen molar-refractivity contribution in [2.75, 3.05) is 50.1 Å². The molecule has 3 rings (SSSR count). The molecule has 2 aliphatic heterocycles. The Morgan fingerprint density at radius 1 is 1.21 bits per heavy atom. The maximum Gasteiger partial charge on any atom is 0.337 e. The van der Waals surface area contributed by atoms with Crippen LogP contribution in [0.1, 0.15) is 28.8 Å². The second-order valence-electron chi connectivity index (χ2n) is 7.14. The lowest BCUT2D eigenvalue weighted by molar-refractivity contribution is -0.136. The number of esters is 1. The van der Waals surface area contributed by atoms with Crippen molar-refractivity contribution in [1.29, 1.82) is 0 Å². The molecule has 2 heterocycles. The summed E-state index contributed by atoms with van der Waals surface area (Å²) < 4.78 is 4.74. The molecule has 0 aromatic heterocycles. The van der Waals surface area contributed by atoms with Crippen LogP contribution < -0.4 is 5.32 Å². The molecule has 0 aliphatic carbocycles. The van der Waals surface area contributed by atoms with Gasteiger partial charge in [0.15, 0.2) is 0 Å². The normalized spacial score (nSPS) is 20.1. The van der Waals surface area contributed by atoms with Gasteiger partial charge in [0.2, 0.25) is 11.8 Å². The fraction of sp³-hybridized carbons (Fsp3) is 0.550. The van der Waals surface area contributed by atoms with E-state index in [1.807, 2.05) is 28.5 Å². The first-order valence-corrected chi connectivity index (χ1v) is 10.7. The van der Waals surface area contributed by atoms with Gasteiger partial charge in [0, 0.05) is 30.3 Å². The third-order valence-corrected chi connectivity index (χ3v) is 6.19. The van der Waals surface area contributed by atoms with Gasteiger partial charge in [0.1, 0.15) is 0 Å². The summed E-state index contributed by atoms with van der Waals surface area (Å²) in [5.41, 5.74) is 1.84. The van der Waals surface area contributed by atoms with E-state index in [4.69, 9.17) is 4.74 Å². The number of rotatable bonds is 5. The molecule has 1 atom stereocenters. The summed E-state index contributed by atoms with van der Waals surface area (Å²) in [5.74, 6) is 1.48. The predicted molar refractivity (Wildman–Crippen MR) is 110 cm³/mol. The summed E-state index contributed by atoms with van der Waals surface area (Å²) in [4.78, 5) is 41.1. The number of benzene rings is 1. The number of thioether (sulfide) groups is 1. The summed E-state index contributed by atoms with van der Waals surface area (Å²) in [6.45, 7) is 4.36. The molecule has 152 valence electrons. The van der Waals surface area contributed by atoms with E-state index >= 15 is 0 Å². The summed E-state index contributed by atoms with van der Waals surface area (Å²) >= 11 is 1.87. The lowest BCUT2D eigenvalue weighted by Gasteiger charge is -2.32. The number of likely N-dealkylation sites (tertiary alicyclic amines) is 1. The van der Waals surface area contributed by atoms with E-state index in [2.05, 4.69) is 5.32 Å². The molecule has 1 N–H and O–H groups in total. The van der Waals surface area contributed by atoms with Gasteiger partial charge in [-0.25, -0.2) is 4.79 Å². The number of carbonyl (C=O) groups is 3. The van der Waals surface area contributed by atoms with Crippen molar-refractivity contribution in [2.24, 2.45) is 0 Å². The number of aryl methyl sites for hydroxylation is 1. The molecule has 2 fully saturated rings. The zero-order valence-electron chi connectivity index (χ0n) is 16.4. The van der Waals surface area contributed by atoms with E-state index in [0.29, 0.717) is 11.3 Å². The highest BCUT2D eigenvalue weighted by Crippen LogP contribution is 2.22. The molecule has 0 bridgehead atoms. The Balaban J connectivity index is 1.62. The first-order valence-electron chi connectivity index (χ1n) is 9.59. The molecule has 1 aromatic rings. The molecule has 0 saturated carbocycles. The molecule has 2 aliphatic rings. The topological polar surface area (TPSA) is 79.0 Å². The maximum atomic E-state index is 12.8. The Hall–Kier alpha value is -2.06. The van der Waals surface area contributed by atoms with Crippen molar-refractivity contribution < 1.29 is 19.1 Å². The molecule has 2 amide bonds. The van der Waals surface area contributed by atoms with Crippen LogP contribution in [0.15, 0.2) is 18.2 Å². The second kappa shape index (κ2) is 9.43. The van der Waals surface area contributed by atoms with Crippen molar-refractivity contribution >= 4 is 35.2 Å². The minimum absolute atomic E-state index is 0.148. The number of methoxy groups -OCH3 is 1. The third-order valence-electron chi connectivity index (χ3n) is 5.25. The first kappa shape index (κ1) is 20.7. The van der Waals surface area contributed by atoms with Crippen molar-refractivity contribution in [3.05, 3.63) is 29.3 Å². The molecular formula is C20H27N3O4S. The van der Waals surface area contributed by atoms with Crippen molar-refractivity contribution in [3.63, 3.8) is 0 Å². The van der Waals surface area contributed by atoms with Gasteiger partial charge in [-0.3, -0.25) is 14.5 Å². The van der Waals surface area contributed by atoms with Crippen LogP contribution in [0.3, 0.4) is 0 Å². The first-order chi connectivity index (χ1) is 13.5. The van der Waals surface area contributed by atoms with Gasteiger partial charge in [-0.15, -0.1) is 0 Å². The van der Waals surface area contributed by atoms with Crippen LogP contribution in [0.5, 0.6) is 0 Å². The number of nitrogens with one attached hydrogen (secondary N) is 1. The number of hydrogen-bond acceptors (Lipinski definition) is 6. The summed E-state index contributed by atoms with van der Waals surface area (Å²) in [6, 6.07) is 4.86. The van der Waals surface area contributed by atoms with Gasteiger partial charge in [0.25, 0.3) is 0 Å². The molecule has 7 nitrogen and oxygen atoms in total. The Labute approximate surface area is 169 Å². The molecule has 2 saturated heterocycles. The van der Waals surface area contributed by atoms with Gasteiger partial charge in [-0.2, -0.15) is 11.8 Å². The zero-order chi connectivity index (χ0) is 20.1. The maximum absolute atomic E-state index is 12.8.